The topological polar surface area (TPSA) is 126 Å². The van der Waals surface area contributed by atoms with E-state index in [1.165, 1.54) is 23.6 Å². The highest BCUT2D eigenvalue weighted by molar-refractivity contribution is 7.11. The van der Waals surface area contributed by atoms with Crippen molar-refractivity contribution < 1.29 is 24.0 Å². The molecule has 2 aromatic rings. The Balaban J connectivity index is 1.58. The van der Waals surface area contributed by atoms with Gasteiger partial charge < -0.3 is 5.32 Å². The van der Waals surface area contributed by atoms with Gasteiger partial charge in [-0.3, -0.25) is 34.2 Å². The van der Waals surface area contributed by atoms with E-state index in [0.29, 0.717) is 10.6 Å². The predicted molar refractivity (Wildman–Crippen MR) is 96.4 cm³/mol. The molecule has 0 bridgehead atoms. The van der Waals surface area contributed by atoms with Crippen molar-refractivity contribution in [3.8, 4) is 0 Å². The van der Waals surface area contributed by atoms with Crippen LogP contribution < -0.4 is 10.6 Å². The van der Waals surface area contributed by atoms with Crippen LogP contribution in [0.3, 0.4) is 0 Å². The van der Waals surface area contributed by atoms with Crippen molar-refractivity contribution in [1.82, 2.24) is 20.5 Å². The first-order valence-electron chi connectivity index (χ1n) is 8.48. The molecule has 3 heterocycles. The average Bonchev–Trinajstić information content (AvgIpc) is 3.29. The third-order valence-electron chi connectivity index (χ3n) is 4.62. The second-order valence-electron chi connectivity index (χ2n) is 6.31. The van der Waals surface area contributed by atoms with Gasteiger partial charge in [0.15, 0.2) is 5.01 Å². The molecular weight excluding hydrogens is 384 g/mol. The summed E-state index contributed by atoms with van der Waals surface area (Å²) in [5.41, 5.74) is 0.808. The van der Waals surface area contributed by atoms with Crippen LogP contribution in [0.15, 0.2) is 29.8 Å². The zero-order chi connectivity index (χ0) is 19.8. The second kappa shape index (κ2) is 6.97. The molecule has 0 radical (unpaired) electrons. The summed E-state index contributed by atoms with van der Waals surface area (Å²) >= 11 is 1.19. The van der Waals surface area contributed by atoms with Crippen LogP contribution in [0.4, 0.5) is 0 Å². The summed E-state index contributed by atoms with van der Waals surface area (Å²) in [7, 11) is 0. The minimum atomic E-state index is -1.03. The number of carbonyl (C=O) groups is 5. The van der Waals surface area contributed by atoms with E-state index in [9.17, 15) is 24.0 Å². The molecule has 2 aliphatic heterocycles. The highest BCUT2D eigenvalue weighted by atomic mass is 32.1. The molecule has 2 aliphatic rings. The molecule has 1 saturated heterocycles. The summed E-state index contributed by atoms with van der Waals surface area (Å²) in [5.74, 6) is -2.66. The first kappa shape index (κ1) is 18.0. The maximum atomic E-state index is 12.9. The number of carbonyl (C=O) groups excluding carboxylic acids is 5. The van der Waals surface area contributed by atoms with Crippen LogP contribution in [0.2, 0.25) is 0 Å². The van der Waals surface area contributed by atoms with Gasteiger partial charge in [0.25, 0.3) is 17.7 Å². The molecule has 142 valence electrons. The highest BCUT2D eigenvalue weighted by Gasteiger charge is 2.45. The average molecular weight is 398 g/mol. The van der Waals surface area contributed by atoms with Crippen LogP contribution in [-0.4, -0.2) is 45.5 Å². The Morgan fingerprint density at radius 3 is 2.79 bits per heavy atom. The van der Waals surface area contributed by atoms with Crippen molar-refractivity contribution in [2.75, 3.05) is 0 Å². The van der Waals surface area contributed by atoms with Gasteiger partial charge in [0.2, 0.25) is 11.8 Å². The van der Waals surface area contributed by atoms with Gasteiger partial charge in [0, 0.05) is 24.5 Å². The van der Waals surface area contributed by atoms with Crippen molar-refractivity contribution in [3.05, 3.63) is 51.5 Å². The molecular formula is C18H14N4O5S. The first-order chi connectivity index (χ1) is 13.5. The van der Waals surface area contributed by atoms with E-state index in [4.69, 9.17) is 0 Å². The number of imide groups is 2. The van der Waals surface area contributed by atoms with Gasteiger partial charge in [-0.15, -0.1) is 11.3 Å². The molecule has 0 spiro atoms. The SMILES string of the molecule is O=C1CCC(N2C(=O)c3cccc(CNC(=O)c4nccs4)c3C2=O)C(=O)N1. The first-order valence-corrected chi connectivity index (χ1v) is 9.36. The van der Waals surface area contributed by atoms with Gasteiger partial charge in [0.1, 0.15) is 6.04 Å². The fourth-order valence-electron chi connectivity index (χ4n) is 3.32. The summed E-state index contributed by atoms with van der Waals surface area (Å²) in [5, 5.41) is 6.80. The number of nitrogens with one attached hydrogen (secondary N) is 2. The minimum absolute atomic E-state index is 0.0315. The van der Waals surface area contributed by atoms with Crippen molar-refractivity contribution in [1.29, 1.82) is 0 Å². The number of fused-ring (bicyclic) bond motifs is 1. The van der Waals surface area contributed by atoms with E-state index in [2.05, 4.69) is 15.6 Å². The number of piperidine rings is 1. The fourth-order valence-corrected chi connectivity index (χ4v) is 3.87. The molecule has 10 heteroatoms. The van der Waals surface area contributed by atoms with Gasteiger partial charge in [-0.1, -0.05) is 12.1 Å². The molecule has 1 aromatic heterocycles. The van der Waals surface area contributed by atoms with Gasteiger partial charge in [-0.25, -0.2) is 4.98 Å². The summed E-state index contributed by atoms with van der Waals surface area (Å²) in [6.07, 6.45) is 1.66. The van der Waals surface area contributed by atoms with Crippen molar-refractivity contribution in [2.45, 2.75) is 25.4 Å². The van der Waals surface area contributed by atoms with E-state index < -0.39 is 29.7 Å². The van der Waals surface area contributed by atoms with E-state index in [0.717, 1.165) is 4.90 Å². The largest absolute Gasteiger partial charge is 0.346 e. The zero-order valence-corrected chi connectivity index (χ0v) is 15.2. The maximum absolute atomic E-state index is 12.9. The number of benzene rings is 1. The molecule has 2 N–H and O–H groups in total. The van der Waals surface area contributed by atoms with Crippen LogP contribution in [0, 0.1) is 0 Å². The maximum Gasteiger partial charge on any atom is 0.280 e. The van der Waals surface area contributed by atoms with Gasteiger partial charge >= 0.3 is 0 Å². The molecule has 1 fully saturated rings. The van der Waals surface area contributed by atoms with Crippen LogP contribution >= 0.6 is 11.3 Å². The number of rotatable bonds is 4. The lowest BCUT2D eigenvalue weighted by atomic mass is 10.0. The number of amides is 5. The molecule has 1 aromatic carbocycles. The van der Waals surface area contributed by atoms with Crippen molar-refractivity contribution >= 4 is 40.9 Å². The number of hydrogen-bond acceptors (Lipinski definition) is 7. The molecule has 1 atom stereocenters. The Labute approximate surface area is 162 Å². The van der Waals surface area contributed by atoms with Crippen molar-refractivity contribution in [3.63, 3.8) is 0 Å². The third kappa shape index (κ3) is 2.97. The number of thiazole rings is 1. The van der Waals surface area contributed by atoms with Crippen LogP contribution in [0.5, 0.6) is 0 Å². The Kier molecular flexibility index (Phi) is 4.47. The standard InChI is InChI=1S/C18H14N4O5S/c23-12-5-4-11(14(24)21-12)22-17(26)10-3-1-2-9(13(10)18(22)27)8-20-15(25)16-19-6-7-28-16/h1-3,6-7,11H,4-5,8H2,(H,20,25)(H,21,23,24). The quantitative estimate of drug-likeness (QED) is 0.722. The molecule has 5 amide bonds. The lowest BCUT2D eigenvalue weighted by molar-refractivity contribution is -0.136. The number of nitrogens with zero attached hydrogens (tertiary/aromatic N) is 2. The summed E-state index contributed by atoms with van der Waals surface area (Å²) < 4.78 is 0. The Hall–Kier alpha value is -3.40. The Morgan fingerprint density at radius 2 is 2.07 bits per heavy atom. The zero-order valence-electron chi connectivity index (χ0n) is 14.4. The number of aromatic nitrogens is 1. The Bertz CT molecular complexity index is 1020. The van der Waals surface area contributed by atoms with Crippen LogP contribution in [-0.2, 0) is 16.1 Å². The van der Waals surface area contributed by atoms with Crippen LogP contribution in [0.25, 0.3) is 0 Å². The third-order valence-corrected chi connectivity index (χ3v) is 5.39. The summed E-state index contributed by atoms with van der Waals surface area (Å²) in [6, 6.07) is 3.74. The van der Waals surface area contributed by atoms with E-state index in [-0.39, 0.29) is 36.4 Å². The minimum Gasteiger partial charge on any atom is -0.346 e. The molecule has 9 nitrogen and oxygen atoms in total. The van der Waals surface area contributed by atoms with E-state index in [1.807, 2.05) is 0 Å². The summed E-state index contributed by atoms with van der Waals surface area (Å²) in [4.78, 5) is 66.1. The molecule has 1 unspecified atom stereocenters. The summed E-state index contributed by atoms with van der Waals surface area (Å²) in [6.45, 7) is 0.0315. The van der Waals surface area contributed by atoms with E-state index in [1.54, 1.807) is 17.5 Å². The fraction of sp³-hybridized carbons (Fsp3) is 0.222. The highest BCUT2D eigenvalue weighted by Crippen LogP contribution is 2.29. The van der Waals surface area contributed by atoms with Crippen LogP contribution in [0.1, 0.15) is 48.9 Å². The van der Waals surface area contributed by atoms with Gasteiger partial charge in [-0.05, 0) is 18.1 Å². The predicted octanol–water partition coefficient (Wildman–Crippen LogP) is 0.474. The normalized spacial score (nSPS) is 18.9. The second-order valence-corrected chi connectivity index (χ2v) is 7.20. The smallest absolute Gasteiger partial charge is 0.280 e. The molecule has 0 aliphatic carbocycles. The van der Waals surface area contributed by atoms with E-state index >= 15 is 0 Å². The van der Waals surface area contributed by atoms with Gasteiger partial charge in [-0.2, -0.15) is 0 Å². The Morgan fingerprint density at radius 1 is 1.25 bits per heavy atom. The lowest BCUT2D eigenvalue weighted by Crippen LogP contribution is -2.54. The van der Waals surface area contributed by atoms with Gasteiger partial charge in [0.05, 0.1) is 11.1 Å². The molecule has 0 saturated carbocycles. The lowest BCUT2D eigenvalue weighted by Gasteiger charge is -2.27. The molecule has 4 rings (SSSR count). The van der Waals surface area contributed by atoms with Crippen molar-refractivity contribution in [2.24, 2.45) is 0 Å². The molecule has 28 heavy (non-hydrogen) atoms. The number of hydrogen-bond donors (Lipinski definition) is 2. The monoisotopic (exact) mass is 398 g/mol.